The Kier molecular flexibility index (Phi) is 2.14. The Labute approximate surface area is 79.3 Å². The van der Waals surface area contributed by atoms with Crippen LogP contribution in [-0.4, -0.2) is 17.9 Å². The molecule has 1 nitrogen and oxygen atoms in total. The van der Waals surface area contributed by atoms with E-state index in [0.29, 0.717) is 11.3 Å². The normalized spacial score (nSPS) is 43.8. The fourth-order valence-electron chi connectivity index (χ4n) is 3.44. The van der Waals surface area contributed by atoms with Crippen LogP contribution in [0.5, 0.6) is 0 Å². The number of hydrogen-bond acceptors (Lipinski definition) is 1. The molecule has 3 aliphatic rings. The first-order valence-corrected chi connectivity index (χ1v) is 5.31. The molecular formula is C11H19FO. The van der Waals surface area contributed by atoms with Crippen molar-refractivity contribution in [3.63, 3.8) is 0 Å². The van der Waals surface area contributed by atoms with Crippen LogP contribution in [0, 0.1) is 23.2 Å². The number of alkyl halides is 1. The first kappa shape index (κ1) is 9.45. The average Bonchev–Trinajstić information content (AvgIpc) is 2.16. The van der Waals surface area contributed by atoms with E-state index in [4.69, 9.17) is 0 Å². The molecule has 3 saturated carbocycles. The van der Waals surface area contributed by atoms with Gasteiger partial charge in [-0.2, -0.15) is 0 Å². The largest absolute Gasteiger partial charge is 0.390 e. The highest BCUT2D eigenvalue weighted by Crippen LogP contribution is 2.61. The van der Waals surface area contributed by atoms with Gasteiger partial charge in [0.25, 0.3) is 0 Å². The lowest BCUT2D eigenvalue weighted by Crippen LogP contribution is -2.55. The summed E-state index contributed by atoms with van der Waals surface area (Å²) in [4.78, 5) is 0. The molecule has 0 aromatic carbocycles. The van der Waals surface area contributed by atoms with Crippen LogP contribution in [0.1, 0.15) is 33.1 Å². The minimum atomic E-state index is -0.703. The molecule has 3 aliphatic carbocycles. The second-order valence-electron chi connectivity index (χ2n) is 5.32. The van der Waals surface area contributed by atoms with Gasteiger partial charge in [-0.25, -0.2) is 4.39 Å². The van der Waals surface area contributed by atoms with Crippen molar-refractivity contribution in [1.82, 2.24) is 0 Å². The van der Waals surface area contributed by atoms with Gasteiger partial charge in [0.05, 0.1) is 6.10 Å². The molecule has 3 fully saturated rings. The van der Waals surface area contributed by atoms with Crippen molar-refractivity contribution < 1.29 is 9.50 Å². The lowest BCUT2D eigenvalue weighted by atomic mass is 9.45. The van der Waals surface area contributed by atoms with E-state index >= 15 is 0 Å². The summed E-state index contributed by atoms with van der Waals surface area (Å²) < 4.78 is 12.4. The van der Waals surface area contributed by atoms with E-state index in [0.717, 1.165) is 12.3 Å². The first-order valence-electron chi connectivity index (χ1n) is 5.31. The Morgan fingerprint density at radius 1 is 1.46 bits per heavy atom. The number of aliphatic hydroxyl groups excluding tert-OH is 1. The van der Waals surface area contributed by atoms with Crippen molar-refractivity contribution >= 4 is 0 Å². The molecule has 0 aromatic rings. The molecule has 0 aliphatic heterocycles. The summed E-state index contributed by atoms with van der Waals surface area (Å²) in [5.74, 6) is 1.63. The highest BCUT2D eigenvalue weighted by Gasteiger charge is 2.55. The third-order valence-corrected chi connectivity index (χ3v) is 4.56. The van der Waals surface area contributed by atoms with Crippen molar-refractivity contribution in [2.45, 2.75) is 39.2 Å². The Balaban J connectivity index is 2.07. The van der Waals surface area contributed by atoms with Crippen LogP contribution in [0.15, 0.2) is 0 Å². The standard InChI is InChI=1S/C11H19FO/c1-11(2)7-3-4-8(9(11)5-7)10(13)6-12/h7-10,13H,3-6H2,1-2H3. The van der Waals surface area contributed by atoms with Crippen molar-refractivity contribution in [2.24, 2.45) is 23.2 Å². The summed E-state index contributed by atoms with van der Waals surface area (Å²) in [7, 11) is 0. The van der Waals surface area contributed by atoms with E-state index in [1.807, 2.05) is 0 Å². The number of hydrogen-bond donors (Lipinski definition) is 1. The summed E-state index contributed by atoms with van der Waals surface area (Å²) in [6.07, 6.45) is 2.73. The molecular weight excluding hydrogens is 167 g/mol. The Morgan fingerprint density at radius 3 is 2.62 bits per heavy atom. The monoisotopic (exact) mass is 186 g/mol. The van der Waals surface area contributed by atoms with Crippen molar-refractivity contribution in [3.8, 4) is 0 Å². The summed E-state index contributed by atoms with van der Waals surface area (Å²) in [5.41, 5.74) is 0.360. The van der Waals surface area contributed by atoms with Gasteiger partial charge in [-0.15, -0.1) is 0 Å². The molecule has 0 amide bonds. The zero-order chi connectivity index (χ0) is 9.64. The predicted octanol–water partition coefficient (Wildman–Crippen LogP) is 2.39. The Morgan fingerprint density at radius 2 is 2.15 bits per heavy atom. The summed E-state index contributed by atoms with van der Waals surface area (Å²) in [6.45, 7) is 3.97. The Bertz CT molecular complexity index is 200. The maximum absolute atomic E-state index is 12.4. The molecule has 2 bridgehead atoms. The van der Waals surface area contributed by atoms with Gasteiger partial charge in [0.15, 0.2) is 0 Å². The molecule has 0 spiro atoms. The van der Waals surface area contributed by atoms with Crippen LogP contribution >= 0.6 is 0 Å². The maximum atomic E-state index is 12.4. The second-order valence-corrected chi connectivity index (χ2v) is 5.32. The fourth-order valence-corrected chi connectivity index (χ4v) is 3.44. The smallest absolute Gasteiger partial charge is 0.116 e. The molecule has 0 heterocycles. The van der Waals surface area contributed by atoms with E-state index in [1.165, 1.54) is 12.8 Å². The first-order chi connectivity index (χ1) is 6.07. The van der Waals surface area contributed by atoms with E-state index in [9.17, 15) is 9.50 Å². The molecule has 0 aromatic heterocycles. The minimum absolute atomic E-state index is 0.227. The minimum Gasteiger partial charge on any atom is -0.390 e. The zero-order valence-corrected chi connectivity index (χ0v) is 8.46. The van der Waals surface area contributed by atoms with Gasteiger partial charge in [0.2, 0.25) is 0 Å². The molecule has 4 atom stereocenters. The molecule has 3 rings (SSSR count). The molecule has 0 radical (unpaired) electrons. The van der Waals surface area contributed by atoms with Crippen molar-refractivity contribution in [1.29, 1.82) is 0 Å². The number of halogens is 1. The maximum Gasteiger partial charge on any atom is 0.116 e. The zero-order valence-electron chi connectivity index (χ0n) is 8.46. The lowest BCUT2D eigenvalue weighted by Gasteiger charge is -2.60. The van der Waals surface area contributed by atoms with Crippen molar-refractivity contribution in [2.75, 3.05) is 6.67 Å². The van der Waals surface area contributed by atoms with Crippen molar-refractivity contribution in [3.05, 3.63) is 0 Å². The summed E-state index contributed by atoms with van der Waals surface area (Å²) in [6, 6.07) is 0. The molecule has 76 valence electrons. The predicted molar refractivity (Wildman–Crippen MR) is 50.1 cm³/mol. The molecule has 4 unspecified atom stereocenters. The molecule has 0 saturated heterocycles. The number of fused-ring (bicyclic) bond motifs is 2. The molecule has 1 N–H and O–H groups in total. The third-order valence-electron chi connectivity index (χ3n) is 4.56. The highest BCUT2D eigenvalue weighted by molar-refractivity contribution is 5.04. The highest BCUT2D eigenvalue weighted by atomic mass is 19.1. The summed E-state index contributed by atoms with van der Waals surface area (Å²) >= 11 is 0. The van der Waals surface area contributed by atoms with Gasteiger partial charge < -0.3 is 5.11 Å². The van der Waals surface area contributed by atoms with Gasteiger partial charge >= 0.3 is 0 Å². The van der Waals surface area contributed by atoms with E-state index in [-0.39, 0.29) is 5.92 Å². The topological polar surface area (TPSA) is 20.2 Å². The second kappa shape index (κ2) is 2.94. The lowest BCUT2D eigenvalue weighted by molar-refractivity contribution is -0.139. The SMILES string of the molecule is CC1(C)C2CCC(C(O)CF)C1C2. The fraction of sp³-hybridized carbons (Fsp3) is 1.00. The van der Waals surface area contributed by atoms with Crippen LogP contribution in [0.2, 0.25) is 0 Å². The number of rotatable bonds is 2. The molecule has 2 heteroatoms. The number of aliphatic hydroxyl groups is 1. The van der Waals surface area contributed by atoms with Gasteiger partial charge in [-0.3, -0.25) is 0 Å². The van der Waals surface area contributed by atoms with Crippen LogP contribution < -0.4 is 0 Å². The quantitative estimate of drug-likeness (QED) is 0.702. The third kappa shape index (κ3) is 1.22. The van der Waals surface area contributed by atoms with E-state index < -0.39 is 12.8 Å². The van der Waals surface area contributed by atoms with Gasteiger partial charge in [-0.1, -0.05) is 13.8 Å². The van der Waals surface area contributed by atoms with E-state index in [1.54, 1.807) is 0 Å². The molecule has 13 heavy (non-hydrogen) atoms. The van der Waals surface area contributed by atoms with Crippen LogP contribution in [0.4, 0.5) is 4.39 Å². The van der Waals surface area contributed by atoms with Crippen LogP contribution in [0.3, 0.4) is 0 Å². The average molecular weight is 186 g/mol. The van der Waals surface area contributed by atoms with Crippen LogP contribution in [-0.2, 0) is 0 Å². The Hall–Kier alpha value is -0.110. The van der Waals surface area contributed by atoms with Gasteiger partial charge in [0, 0.05) is 0 Å². The van der Waals surface area contributed by atoms with Gasteiger partial charge in [-0.05, 0) is 42.4 Å². The summed E-state index contributed by atoms with van der Waals surface area (Å²) in [5, 5.41) is 9.53. The van der Waals surface area contributed by atoms with Crippen LogP contribution in [0.25, 0.3) is 0 Å². The van der Waals surface area contributed by atoms with E-state index in [2.05, 4.69) is 13.8 Å². The van der Waals surface area contributed by atoms with Gasteiger partial charge in [0.1, 0.15) is 6.67 Å².